The summed E-state index contributed by atoms with van der Waals surface area (Å²) in [7, 11) is 3.33. The summed E-state index contributed by atoms with van der Waals surface area (Å²) in [6.07, 6.45) is 0.0428. The molecule has 0 aromatic heterocycles. The highest BCUT2D eigenvalue weighted by Crippen LogP contribution is 2.50. The average molecular weight is 600 g/mol. The van der Waals surface area contributed by atoms with Crippen LogP contribution in [0.3, 0.4) is 0 Å². The molecule has 0 bridgehead atoms. The average Bonchev–Trinajstić information content (AvgIpc) is 3.25. The van der Waals surface area contributed by atoms with Gasteiger partial charge in [-0.2, -0.15) is 13.2 Å². The lowest BCUT2D eigenvalue weighted by molar-refractivity contribution is -0.165. The third kappa shape index (κ3) is 6.26. The van der Waals surface area contributed by atoms with Crippen molar-refractivity contribution >= 4 is 5.91 Å². The van der Waals surface area contributed by atoms with Gasteiger partial charge in [0.2, 0.25) is 5.91 Å². The largest absolute Gasteiger partial charge is 0.497 e. The maximum absolute atomic E-state index is 13.9. The molecule has 2 aliphatic heterocycles. The molecule has 0 radical (unpaired) electrons. The van der Waals surface area contributed by atoms with Crippen molar-refractivity contribution in [3.63, 3.8) is 0 Å². The van der Waals surface area contributed by atoms with E-state index in [2.05, 4.69) is 13.2 Å². The van der Waals surface area contributed by atoms with Crippen LogP contribution in [0.1, 0.15) is 73.0 Å². The predicted octanol–water partition coefficient (Wildman–Crippen LogP) is 6.65. The summed E-state index contributed by atoms with van der Waals surface area (Å²) < 4.78 is 46.6. The summed E-state index contributed by atoms with van der Waals surface area (Å²) in [5.41, 5.74) is 1.65. The van der Waals surface area contributed by atoms with Crippen LogP contribution in [-0.4, -0.2) is 65.4 Å². The highest BCUT2D eigenvalue weighted by Gasteiger charge is 2.56. The number of benzene rings is 2. The molecule has 43 heavy (non-hydrogen) atoms. The Balaban J connectivity index is 1.75. The summed E-state index contributed by atoms with van der Waals surface area (Å²) in [5, 5.41) is 11.9. The number of ether oxygens (including phenoxy) is 1. The normalized spacial score (nSPS) is 21.9. The van der Waals surface area contributed by atoms with Gasteiger partial charge in [-0.15, -0.1) is 13.2 Å². The van der Waals surface area contributed by atoms with E-state index >= 15 is 0 Å². The number of hydrogen-bond acceptors (Lipinski definition) is 5. The number of amides is 1. The van der Waals surface area contributed by atoms with E-state index in [1.165, 1.54) is 12.1 Å². The number of carbonyl (C=O) groups is 1. The molecule has 2 aliphatic rings. The number of alkyl halides is 3. The van der Waals surface area contributed by atoms with Crippen molar-refractivity contribution in [3.8, 4) is 5.75 Å². The summed E-state index contributed by atoms with van der Waals surface area (Å²) in [5.74, 6) is 0.776. The molecular formula is C34H44F3N3O3. The molecule has 2 heterocycles. The van der Waals surface area contributed by atoms with Crippen molar-refractivity contribution in [2.75, 3.05) is 27.2 Å². The minimum atomic E-state index is -4.47. The van der Waals surface area contributed by atoms with Crippen LogP contribution in [0.2, 0.25) is 0 Å². The first-order chi connectivity index (χ1) is 20.3. The first kappa shape index (κ1) is 32.8. The molecule has 9 heteroatoms. The van der Waals surface area contributed by atoms with Gasteiger partial charge in [0.25, 0.3) is 0 Å². The number of methoxy groups -OCH3 is 1. The lowest BCUT2D eigenvalue weighted by atomic mass is 9.76. The molecule has 4 atom stereocenters. The van der Waals surface area contributed by atoms with E-state index in [9.17, 15) is 23.1 Å². The van der Waals surface area contributed by atoms with Crippen molar-refractivity contribution in [3.05, 3.63) is 89.5 Å². The highest BCUT2D eigenvalue weighted by molar-refractivity contribution is 5.86. The Kier molecular flexibility index (Phi) is 9.79. The molecule has 4 unspecified atom stereocenters. The number of aryl methyl sites for hydroxylation is 2. The first-order valence-electron chi connectivity index (χ1n) is 14.9. The van der Waals surface area contributed by atoms with Gasteiger partial charge < -0.3 is 14.7 Å². The van der Waals surface area contributed by atoms with E-state index in [1.807, 2.05) is 41.8 Å². The maximum Gasteiger partial charge on any atom is 0.416 e. The van der Waals surface area contributed by atoms with Gasteiger partial charge in [0.1, 0.15) is 5.75 Å². The molecule has 4 rings (SSSR count). The Morgan fingerprint density at radius 3 is 2.40 bits per heavy atom. The van der Waals surface area contributed by atoms with Crippen molar-refractivity contribution in [1.82, 2.24) is 14.7 Å². The van der Waals surface area contributed by atoms with Gasteiger partial charge in [0, 0.05) is 19.1 Å². The summed E-state index contributed by atoms with van der Waals surface area (Å²) in [4.78, 5) is 19.5. The van der Waals surface area contributed by atoms with Crippen molar-refractivity contribution in [2.45, 2.75) is 77.1 Å². The maximum atomic E-state index is 13.9. The van der Waals surface area contributed by atoms with Gasteiger partial charge in [-0.3, -0.25) is 14.6 Å². The number of rotatable bonds is 11. The van der Waals surface area contributed by atoms with Gasteiger partial charge >= 0.3 is 6.18 Å². The lowest BCUT2D eigenvalue weighted by Crippen LogP contribution is -2.60. The number of hydrogen-bond donors (Lipinski definition) is 1. The van der Waals surface area contributed by atoms with Crippen LogP contribution in [0.25, 0.3) is 0 Å². The Labute approximate surface area is 253 Å². The van der Waals surface area contributed by atoms with Crippen molar-refractivity contribution < 1.29 is 27.8 Å². The van der Waals surface area contributed by atoms with Gasteiger partial charge in [0.05, 0.1) is 30.2 Å². The standard InChI is InChI=1S/C34H44F3N3O3/c1-8-13-33(14-9-2)21-29-30(28-12-11-27(43-7)17-22(28)4)40(16-15-39(29)31(33)41)32(42)38(6)23(5)25-18-24(10-3)19-26(20-25)34(35,36)37/h8-9,11-12,17-20,23,29-30,32,42H,1-2,10,13-16,21H2,3-7H3. The fraction of sp³-hybridized carbons (Fsp3) is 0.500. The van der Waals surface area contributed by atoms with Gasteiger partial charge in [-0.25, -0.2) is 0 Å². The SMILES string of the molecule is C=CCC1(CC=C)CC2C(c3ccc(OC)cc3C)N(C(O)N(C)C(C)c3cc(CC)cc(C(F)(F)F)c3)CCN2C1=O. The van der Waals surface area contributed by atoms with Crippen LogP contribution >= 0.6 is 0 Å². The summed E-state index contributed by atoms with van der Waals surface area (Å²) in [6, 6.07) is 8.82. The third-order valence-electron chi connectivity index (χ3n) is 9.41. The van der Waals surface area contributed by atoms with Crippen LogP contribution in [0.15, 0.2) is 61.7 Å². The third-order valence-corrected chi connectivity index (χ3v) is 9.41. The van der Waals surface area contributed by atoms with Gasteiger partial charge in [0.15, 0.2) is 6.35 Å². The number of aliphatic hydroxyl groups excluding tert-OH is 1. The second-order valence-electron chi connectivity index (χ2n) is 11.9. The lowest BCUT2D eigenvalue weighted by Gasteiger charge is -2.49. The monoisotopic (exact) mass is 599 g/mol. The second-order valence-corrected chi connectivity index (χ2v) is 11.9. The van der Waals surface area contributed by atoms with E-state index in [4.69, 9.17) is 4.74 Å². The number of piperazine rings is 1. The topological polar surface area (TPSA) is 56.3 Å². The van der Waals surface area contributed by atoms with Crippen molar-refractivity contribution in [1.29, 1.82) is 0 Å². The Morgan fingerprint density at radius 1 is 1.16 bits per heavy atom. The Morgan fingerprint density at radius 2 is 1.84 bits per heavy atom. The molecule has 234 valence electrons. The second kappa shape index (κ2) is 12.8. The Bertz CT molecular complexity index is 1330. The quantitative estimate of drug-likeness (QED) is 0.232. The van der Waals surface area contributed by atoms with E-state index < -0.39 is 29.5 Å². The minimum Gasteiger partial charge on any atom is -0.497 e. The van der Waals surface area contributed by atoms with E-state index in [1.54, 1.807) is 44.2 Å². The van der Waals surface area contributed by atoms with E-state index in [0.717, 1.165) is 11.1 Å². The van der Waals surface area contributed by atoms with Crippen LogP contribution in [0.5, 0.6) is 5.75 Å². The molecule has 0 aliphatic carbocycles. The molecule has 2 aromatic carbocycles. The highest BCUT2D eigenvalue weighted by atomic mass is 19.4. The van der Waals surface area contributed by atoms with E-state index in [-0.39, 0.29) is 18.0 Å². The summed E-state index contributed by atoms with van der Waals surface area (Å²) in [6.45, 7) is 14.3. The smallest absolute Gasteiger partial charge is 0.416 e. The molecule has 6 nitrogen and oxygen atoms in total. The van der Waals surface area contributed by atoms with Crippen LogP contribution in [-0.2, 0) is 17.4 Å². The van der Waals surface area contributed by atoms with Crippen LogP contribution in [0.4, 0.5) is 13.2 Å². The number of carbonyl (C=O) groups excluding carboxylic acids is 1. The van der Waals surface area contributed by atoms with Crippen molar-refractivity contribution in [2.24, 2.45) is 5.41 Å². The molecule has 2 aromatic rings. The number of halogens is 3. The minimum absolute atomic E-state index is 0.0698. The zero-order chi connectivity index (χ0) is 31.7. The molecular weight excluding hydrogens is 555 g/mol. The summed E-state index contributed by atoms with van der Waals surface area (Å²) >= 11 is 0. The fourth-order valence-electron chi connectivity index (χ4n) is 6.91. The van der Waals surface area contributed by atoms with Crippen LogP contribution in [0, 0.1) is 12.3 Å². The number of fused-ring (bicyclic) bond motifs is 1. The number of allylic oxidation sites excluding steroid dienone is 2. The Hall–Kier alpha value is -3.14. The zero-order valence-electron chi connectivity index (χ0n) is 25.8. The van der Waals surface area contributed by atoms with Gasteiger partial charge in [-0.1, -0.05) is 31.2 Å². The molecule has 2 fully saturated rings. The zero-order valence-corrected chi connectivity index (χ0v) is 25.8. The molecule has 0 saturated carbocycles. The van der Waals surface area contributed by atoms with Gasteiger partial charge in [-0.05, 0) is 93.1 Å². The predicted molar refractivity (Wildman–Crippen MR) is 162 cm³/mol. The molecule has 2 saturated heterocycles. The number of aliphatic hydroxyl groups is 1. The van der Waals surface area contributed by atoms with Crippen LogP contribution < -0.4 is 4.74 Å². The number of nitrogens with zero attached hydrogens (tertiary/aromatic N) is 3. The first-order valence-corrected chi connectivity index (χ1v) is 14.9. The molecule has 0 spiro atoms. The molecule has 1 amide bonds. The molecule has 1 N–H and O–H groups in total. The fourth-order valence-corrected chi connectivity index (χ4v) is 6.91. The van der Waals surface area contributed by atoms with E-state index in [0.29, 0.717) is 55.6 Å².